The minimum Gasteiger partial charge on any atom is -0.412 e. The minimum atomic E-state index is -2.87. The summed E-state index contributed by atoms with van der Waals surface area (Å²) in [5.74, 6) is 2.00. The molecule has 0 bridgehead atoms. The van der Waals surface area contributed by atoms with Crippen LogP contribution in [0.15, 0.2) is 59.9 Å². The summed E-state index contributed by atoms with van der Waals surface area (Å²) in [6.07, 6.45) is 4.41. The molecule has 6 aliphatic heterocycles. The van der Waals surface area contributed by atoms with Crippen molar-refractivity contribution in [2.45, 2.75) is 18.1 Å². The maximum absolute atomic E-state index is 5.94. The van der Waals surface area contributed by atoms with E-state index in [0.29, 0.717) is 17.5 Å². The number of rotatable bonds is 3. The third-order valence-corrected chi connectivity index (χ3v) is 30.0. The largest absolute Gasteiger partial charge is 0.412 e. The molecule has 0 saturated heterocycles. The number of guanidine groups is 3. The van der Waals surface area contributed by atoms with Crippen LogP contribution in [0, 0.1) is 0 Å². The second-order valence-electron chi connectivity index (χ2n) is 6.72. The molecule has 178 valence electrons. The maximum Gasteiger partial charge on any atom is -0.412 e. The predicted molar refractivity (Wildman–Crippen MR) is 148 cm³/mol. The van der Waals surface area contributed by atoms with E-state index in [0.717, 1.165) is 15.1 Å². The van der Waals surface area contributed by atoms with Crippen molar-refractivity contribution in [3.63, 3.8) is 0 Å². The van der Waals surface area contributed by atoms with Gasteiger partial charge in [-0.25, -0.2) is 0 Å². The Labute approximate surface area is 212 Å². The Morgan fingerprint density at radius 1 is 0.543 bits per heavy atom. The maximum atomic E-state index is 5.94. The Morgan fingerprint density at radius 3 is 1.17 bits per heavy atom. The fraction of sp³-hybridized carbons (Fsp3) is 0.200. The average Bonchev–Trinajstić information content (AvgIpc) is 3.53. The van der Waals surface area contributed by atoms with Crippen molar-refractivity contribution in [2.75, 3.05) is 0 Å². The number of amidine groups is 3. The minimum absolute atomic E-state index is 0. The molecule has 6 aliphatic rings. The summed E-state index contributed by atoms with van der Waals surface area (Å²) < 4.78 is 0. The number of hydrogen-bond acceptors (Lipinski definition) is 18. The van der Waals surface area contributed by atoms with Crippen LogP contribution >= 0.6 is 25.6 Å². The van der Waals surface area contributed by atoms with Gasteiger partial charge in [-0.15, -0.1) is 0 Å². The van der Waals surface area contributed by atoms with Crippen molar-refractivity contribution >= 4 is 112 Å². The number of aliphatic imine (C=N–C) groups is 12. The Hall–Kier alpha value is -2.67. The van der Waals surface area contributed by atoms with Crippen LogP contribution in [0.2, 0.25) is 0 Å². The van der Waals surface area contributed by atoms with Gasteiger partial charge in [-0.1, -0.05) is 0 Å². The van der Waals surface area contributed by atoms with Crippen molar-refractivity contribution in [1.29, 1.82) is 0 Å². The van der Waals surface area contributed by atoms with E-state index >= 15 is 0 Å². The van der Waals surface area contributed by atoms with E-state index in [9.17, 15) is 0 Å². The van der Waals surface area contributed by atoms with Crippen LogP contribution in [0.3, 0.4) is 0 Å². The molecule has 0 radical (unpaired) electrons. The molecule has 0 spiro atoms. The van der Waals surface area contributed by atoms with Gasteiger partial charge in [0.05, 0.1) is 0 Å². The third-order valence-electron chi connectivity index (χ3n) is 4.52. The zero-order chi connectivity index (χ0) is 23.2. The molecule has 6 heterocycles. The topological polar surface area (TPSA) is 258 Å². The second-order valence-corrected chi connectivity index (χ2v) is 32.3. The molecule has 0 aromatic carbocycles. The predicted octanol–water partition coefficient (Wildman–Crippen LogP) is -2.05. The molecule has 0 saturated carbocycles. The van der Waals surface area contributed by atoms with Crippen LogP contribution in [-0.2, 0) is 0 Å². The number of fused-ring (bicyclic) bond motifs is 3. The first-order chi connectivity index (χ1) is 16.5. The molecule has 16 nitrogen and oxygen atoms in total. The molecule has 0 amide bonds. The molecule has 20 heteroatoms. The second kappa shape index (κ2) is 9.77. The molecule has 0 aromatic heterocycles. The van der Waals surface area contributed by atoms with Crippen molar-refractivity contribution in [3.05, 3.63) is 0 Å². The van der Waals surface area contributed by atoms with Crippen LogP contribution in [0.1, 0.15) is 0 Å². The molecule has 0 aromatic rings. The molecule has 6 rings (SSSR count). The van der Waals surface area contributed by atoms with Crippen LogP contribution < -0.4 is 17.2 Å². The van der Waals surface area contributed by atoms with E-state index in [-0.39, 0.29) is 41.5 Å². The summed E-state index contributed by atoms with van der Waals surface area (Å²) in [7, 11) is 4.86. The normalized spacial score (nSPS) is 27.3. The summed E-state index contributed by atoms with van der Waals surface area (Å²) in [5, 5.41) is 2.17. The van der Waals surface area contributed by atoms with Gasteiger partial charge in [0.2, 0.25) is 0 Å². The third kappa shape index (κ3) is 4.75. The first-order valence-electron chi connectivity index (χ1n) is 9.44. The first-order valence-corrected chi connectivity index (χ1v) is 24.5. The van der Waals surface area contributed by atoms with Crippen molar-refractivity contribution < 1.29 is 5.48 Å². The fourth-order valence-electron chi connectivity index (χ4n) is 3.13. The zero-order valence-corrected chi connectivity index (χ0v) is 23.2. The monoisotopic (exact) mass is 725 g/mol. The van der Waals surface area contributed by atoms with Crippen molar-refractivity contribution in [1.82, 2.24) is 0 Å². The summed E-state index contributed by atoms with van der Waals surface area (Å²) in [6.45, 7) is 0. The first kappa shape index (κ1) is 24.0. The molecule has 0 fully saturated rings. The fourth-order valence-corrected chi connectivity index (χ4v) is 31.5. The summed E-state index contributed by atoms with van der Waals surface area (Å²) >= 11 is -2.87. The van der Waals surface area contributed by atoms with Crippen molar-refractivity contribution in [3.8, 4) is 0 Å². The quantitative estimate of drug-likeness (QED) is 0.276. The molecule has 0 aliphatic carbocycles. The van der Waals surface area contributed by atoms with Gasteiger partial charge in [-0.2, -0.15) is 0 Å². The van der Waals surface area contributed by atoms with E-state index in [1.165, 1.54) is 19.0 Å². The van der Waals surface area contributed by atoms with E-state index in [1.807, 2.05) is 0 Å². The van der Waals surface area contributed by atoms with Crippen molar-refractivity contribution in [2.24, 2.45) is 77.1 Å². The van der Waals surface area contributed by atoms with E-state index < -0.39 is 17.4 Å². The van der Waals surface area contributed by atoms with Gasteiger partial charge >= 0.3 is 208 Å². The Kier molecular flexibility index (Phi) is 6.71. The number of nitrogens with two attached hydrogens (primary N) is 3. The van der Waals surface area contributed by atoms with Gasteiger partial charge in [-0.05, 0) is 0 Å². The van der Waals surface area contributed by atoms with Gasteiger partial charge in [0, 0.05) is 0 Å². The SMILES string of the molecule is NC1=NC2=NC=NC2C([S][Bi]([S]C2=NC(N)=NC3=NC=NC32)[S]C2=NC(N)=NC3=NC=NC32)=N1.O. The molecular formula is C15H14BiN15OS3. The Morgan fingerprint density at radius 2 is 0.857 bits per heavy atom. The van der Waals surface area contributed by atoms with Crippen LogP contribution in [-0.4, -0.2) is 110 Å². The van der Waals surface area contributed by atoms with E-state index in [4.69, 9.17) is 17.2 Å². The van der Waals surface area contributed by atoms with E-state index in [2.05, 4.69) is 59.9 Å². The van der Waals surface area contributed by atoms with Gasteiger partial charge in [0.15, 0.2) is 0 Å². The van der Waals surface area contributed by atoms with Gasteiger partial charge < -0.3 is 5.48 Å². The molecule has 35 heavy (non-hydrogen) atoms. The van der Waals surface area contributed by atoms with E-state index in [1.54, 1.807) is 25.6 Å². The van der Waals surface area contributed by atoms with Gasteiger partial charge in [-0.3, -0.25) is 0 Å². The number of nitrogens with zero attached hydrogens (tertiary/aromatic N) is 12. The smallest absolute Gasteiger partial charge is 0.412 e. The number of hydrogen-bond donors (Lipinski definition) is 3. The van der Waals surface area contributed by atoms with Gasteiger partial charge in [0.1, 0.15) is 0 Å². The Bertz CT molecular complexity index is 1190. The molecule has 3 atom stereocenters. The van der Waals surface area contributed by atoms with Gasteiger partial charge in [0.25, 0.3) is 0 Å². The molecule has 3 unspecified atom stereocenters. The zero-order valence-electron chi connectivity index (χ0n) is 17.2. The summed E-state index contributed by atoms with van der Waals surface area (Å²) in [5.41, 5.74) is 17.8. The van der Waals surface area contributed by atoms with Crippen LogP contribution in [0.4, 0.5) is 0 Å². The summed E-state index contributed by atoms with van der Waals surface area (Å²) in [4.78, 5) is 51.7. The summed E-state index contributed by atoms with van der Waals surface area (Å²) in [6, 6.07) is -1.13. The molecular weight excluding hydrogens is 711 g/mol. The average molecular weight is 726 g/mol. The van der Waals surface area contributed by atoms with Crippen LogP contribution in [0.25, 0.3) is 0 Å². The van der Waals surface area contributed by atoms with Crippen LogP contribution in [0.5, 0.6) is 0 Å². The Balaban J connectivity index is 0.00000253. The standard InChI is InChI=1S/3C5H5N5S.Bi.H2O/c3*6-5-9-3-2(4(11)10-5)7-1-8-3;;/h3*1-2H,(H3,6,7,8,9,10,11);;1H2/q;;;+3;/p-3. The molecule has 8 N–H and O–H groups in total.